The van der Waals surface area contributed by atoms with E-state index in [1.165, 1.54) is 11.8 Å². The first kappa shape index (κ1) is 18.2. The van der Waals surface area contributed by atoms with Gasteiger partial charge in [0.2, 0.25) is 5.91 Å². The summed E-state index contributed by atoms with van der Waals surface area (Å²) >= 11 is 1.42. The lowest BCUT2D eigenvalue weighted by Crippen LogP contribution is -2.33. The van der Waals surface area contributed by atoms with Gasteiger partial charge in [-0.05, 0) is 32.9 Å². The van der Waals surface area contributed by atoms with Crippen molar-refractivity contribution in [3.8, 4) is 11.4 Å². The Bertz CT molecular complexity index is 698. The summed E-state index contributed by atoms with van der Waals surface area (Å²) in [5, 5.41) is 9.28. The lowest BCUT2D eigenvalue weighted by molar-refractivity contribution is -0.127. The molecule has 0 saturated carbocycles. The molecule has 0 atom stereocenters. The third kappa shape index (κ3) is 4.44. The number of carbonyl (C=O) groups excluding carboxylic acids is 1. The van der Waals surface area contributed by atoms with E-state index in [4.69, 9.17) is 0 Å². The van der Waals surface area contributed by atoms with Crippen LogP contribution in [0.5, 0.6) is 0 Å². The van der Waals surface area contributed by atoms with Crippen LogP contribution in [0, 0.1) is 0 Å². The van der Waals surface area contributed by atoms with Crippen molar-refractivity contribution >= 4 is 17.7 Å². The van der Waals surface area contributed by atoms with Gasteiger partial charge in [0, 0.05) is 37.6 Å². The molecule has 0 aliphatic rings. The second-order valence-electron chi connectivity index (χ2n) is 5.44. The average Bonchev–Trinajstić information content (AvgIpc) is 3.01. The number of carbonyl (C=O) groups is 1. The molecule has 0 saturated heterocycles. The number of hydrogen-bond acceptors (Lipinski definition) is 5. The monoisotopic (exact) mass is 345 g/mol. The Morgan fingerprint density at radius 1 is 1.29 bits per heavy atom. The molecule has 0 fully saturated rings. The van der Waals surface area contributed by atoms with Crippen molar-refractivity contribution in [3.63, 3.8) is 0 Å². The molecular weight excluding hydrogens is 322 g/mol. The summed E-state index contributed by atoms with van der Waals surface area (Å²) in [6.07, 6.45) is 3.47. The molecule has 2 aromatic heterocycles. The maximum absolute atomic E-state index is 12.4. The predicted molar refractivity (Wildman–Crippen MR) is 96.7 cm³/mol. The molecule has 24 heavy (non-hydrogen) atoms. The van der Waals surface area contributed by atoms with Gasteiger partial charge in [0.05, 0.1) is 5.75 Å². The van der Waals surface area contributed by atoms with Crippen LogP contribution in [0.2, 0.25) is 0 Å². The summed E-state index contributed by atoms with van der Waals surface area (Å²) in [7, 11) is 0. The Morgan fingerprint density at radius 3 is 2.58 bits per heavy atom. The summed E-state index contributed by atoms with van der Waals surface area (Å²) in [6.45, 7) is 11.8. The minimum atomic E-state index is 0.0848. The molecule has 128 valence electrons. The van der Waals surface area contributed by atoms with Crippen molar-refractivity contribution in [1.82, 2.24) is 24.6 Å². The molecule has 0 aliphatic heterocycles. The van der Waals surface area contributed by atoms with Gasteiger partial charge in [0.1, 0.15) is 0 Å². The number of likely N-dealkylation sites (N-methyl/N-ethyl adjacent to an activating group) is 1. The maximum atomic E-state index is 12.4. The highest BCUT2D eigenvalue weighted by atomic mass is 32.2. The summed E-state index contributed by atoms with van der Waals surface area (Å²) in [6, 6.07) is 3.81. The van der Waals surface area contributed by atoms with Gasteiger partial charge in [-0.3, -0.25) is 9.78 Å². The van der Waals surface area contributed by atoms with Gasteiger partial charge >= 0.3 is 0 Å². The molecule has 1 amide bonds. The van der Waals surface area contributed by atoms with Gasteiger partial charge in [0.25, 0.3) is 0 Å². The zero-order valence-corrected chi connectivity index (χ0v) is 15.2. The minimum Gasteiger partial charge on any atom is -0.338 e. The van der Waals surface area contributed by atoms with Crippen LogP contribution >= 0.6 is 11.8 Å². The fourth-order valence-corrected chi connectivity index (χ4v) is 3.22. The number of thioether (sulfide) groups is 1. The maximum Gasteiger partial charge on any atom is 0.233 e. The Labute approximate surface area is 147 Å². The van der Waals surface area contributed by atoms with E-state index in [2.05, 4.69) is 21.8 Å². The van der Waals surface area contributed by atoms with Crippen molar-refractivity contribution in [3.05, 3.63) is 36.7 Å². The van der Waals surface area contributed by atoms with E-state index in [-0.39, 0.29) is 5.91 Å². The van der Waals surface area contributed by atoms with Crippen LogP contribution in [0.15, 0.2) is 41.8 Å². The molecule has 0 bridgehead atoms. The van der Waals surface area contributed by atoms with Crippen molar-refractivity contribution in [1.29, 1.82) is 0 Å². The largest absolute Gasteiger partial charge is 0.338 e. The molecule has 0 unspecified atom stereocenters. The highest BCUT2D eigenvalue weighted by Crippen LogP contribution is 2.23. The van der Waals surface area contributed by atoms with Gasteiger partial charge in [-0.1, -0.05) is 23.9 Å². The lowest BCUT2D eigenvalue weighted by atomic mass is 10.2. The smallest absolute Gasteiger partial charge is 0.233 e. The van der Waals surface area contributed by atoms with Crippen molar-refractivity contribution in [2.75, 3.05) is 18.8 Å². The second kappa shape index (κ2) is 8.63. The molecule has 0 spiro atoms. The zero-order chi connectivity index (χ0) is 17.5. The predicted octanol–water partition coefficient (Wildman–Crippen LogP) is 2.88. The molecule has 2 heterocycles. The molecule has 0 N–H and O–H groups in total. The lowest BCUT2D eigenvalue weighted by Gasteiger charge is -2.20. The molecule has 0 aromatic carbocycles. The first-order valence-electron chi connectivity index (χ1n) is 7.95. The number of nitrogens with zero attached hydrogens (tertiary/aromatic N) is 5. The van der Waals surface area contributed by atoms with Gasteiger partial charge in [-0.2, -0.15) is 0 Å². The third-order valence-electron chi connectivity index (χ3n) is 3.49. The SMILES string of the molecule is C=C(C)CN(CC)C(=O)CSc1nnc(-c2ccncc2)n1CC. The third-order valence-corrected chi connectivity index (χ3v) is 4.44. The highest BCUT2D eigenvalue weighted by Gasteiger charge is 2.17. The van der Waals surface area contributed by atoms with Crippen molar-refractivity contribution in [2.45, 2.75) is 32.5 Å². The van der Waals surface area contributed by atoms with E-state index in [1.807, 2.05) is 37.5 Å². The van der Waals surface area contributed by atoms with E-state index in [1.54, 1.807) is 17.3 Å². The summed E-state index contributed by atoms with van der Waals surface area (Å²) in [5.41, 5.74) is 1.95. The minimum absolute atomic E-state index is 0.0848. The van der Waals surface area contributed by atoms with Crippen LogP contribution in [0.25, 0.3) is 11.4 Å². The Kier molecular flexibility index (Phi) is 6.54. The molecule has 7 heteroatoms. The van der Waals surface area contributed by atoms with E-state index >= 15 is 0 Å². The van der Waals surface area contributed by atoms with Crippen molar-refractivity contribution < 1.29 is 4.79 Å². The van der Waals surface area contributed by atoms with Crippen LogP contribution in [0.1, 0.15) is 20.8 Å². The Hall–Kier alpha value is -2.15. The first-order valence-corrected chi connectivity index (χ1v) is 8.93. The van der Waals surface area contributed by atoms with E-state index < -0.39 is 0 Å². The quantitative estimate of drug-likeness (QED) is 0.544. The molecule has 6 nitrogen and oxygen atoms in total. The first-order chi connectivity index (χ1) is 11.6. The van der Waals surface area contributed by atoms with Gasteiger partial charge in [-0.25, -0.2) is 0 Å². The van der Waals surface area contributed by atoms with E-state index in [0.717, 1.165) is 28.7 Å². The van der Waals surface area contributed by atoms with Crippen LogP contribution in [-0.2, 0) is 11.3 Å². The number of amides is 1. The van der Waals surface area contributed by atoms with Crippen LogP contribution in [0.3, 0.4) is 0 Å². The highest BCUT2D eigenvalue weighted by molar-refractivity contribution is 7.99. The standard InChI is InChI=1S/C17H23N5OS/c1-5-21(11-13(3)4)15(23)12-24-17-20-19-16(22(17)6-2)14-7-9-18-10-8-14/h7-10H,3,5-6,11-12H2,1-2,4H3. The summed E-state index contributed by atoms with van der Waals surface area (Å²) in [5.74, 6) is 1.22. The summed E-state index contributed by atoms with van der Waals surface area (Å²) < 4.78 is 2.02. The normalized spacial score (nSPS) is 10.6. The molecular formula is C17H23N5OS. The molecule has 2 rings (SSSR count). The Morgan fingerprint density at radius 2 is 2.00 bits per heavy atom. The second-order valence-corrected chi connectivity index (χ2v) is 6.38. The fourth-order valence-electron chi connectivity index (χ4n) is 2.31. The number of rotatable bonds is 8. The van der Waals surface area contributed by atoms with Gasteiger partial charge < -0.3 is 9.47 Å². The van der Waals surface area contributed by atoms with Gasteiger partial charge in [-0.15, -0.1) is 10.2 Å². The molecule has 0 radical (unpaired) electrons. The van der Waals surface area contributed by atoms with Crippen LogP contribution in [-0.4, -0.2) is 49.4 Å². The molecule has 0 aliphatic carbocycles. The van der Waals surface area contributed by atoms with Crippen LogP contribution in [0.4, 0.5) is 0 Å². The van der Waals surface area contributed by atoms with Gasteiger partial charge in [0.15, 0.2) is 11.0 Å². The average molecular weight is 345 g/mol. The number of aromatic nitrogens is 4. The summed E-state index contributed by atoms with van der Waals surface area (Å²) in [4.78, 5) is 18.2. The number of hydrogen-bond donors (Lipinski definition) is 0. The zero-order valence-electron chi connectivity index (χ0n) is 14.4. The van der Waals surface area contributed by atoms with Crippen molar-refractivity contribution in [2.24, 2.45) is 0 Å². The Balaban J connectivity index is 2.09. The van der Waals surface area contributed by atoms with E-state index in [0.29, 0.717) is 18.8 Å². The van der Waals surface area contributed by atoms with E-state index in [9.17, 15) is 4.79 Å². The topological polar surface area (TPSA) is 63.9 Å². The molecule has 2 aromatic rings. The van der Waals surface area contributed by atoms with Crippen LogP contribution < -0.4 is 0 Å². The fraction of sp³-hybridized carbons (Fsp3) is 0.412. The number of pyridine rings is 1.